The topological polar surface area (TPSA) is 65.1 Å². The molecule has 2 fully saturated rings. The molecule has 0 unspecified atom stereocenters. The van der Waals surface area contributed by atoms with E-state index in [9.17, 15) is 9.59 Å². The number of rotatable bonds is 2. The van der Waals surface area contributed by atoms with Gasteiger partial charge >= 0.3 is 12.1 Å². The van der Waals surface area contributed by atoms with Crippen LogP contribution in [-0.4, -0.2) is 66.8 Å². The lowest BCUT2D eigenvalue weighted by Gasteiger charge is -2.35. The zero-order chi connectivity index (χ0) is 21.0. The number of piperazine rings is 1. The number of benzene rings is 1. The number of hydrogen-bond donors (Lipinski definition) is 1. The van der Waals surface area contributed by atoms with Crippen LogP contribution in [0.5, 0.6) is 0 Å². The van der Waals surface area contributed by atoms with E-state index in [1.165, 1.54) is 19.3 Å². The summed E-state index contributed by atoms with van der Waals surface area (Å²) in [6.07, 6.45) is 3.30. The molecule has 1 aromatic carbocycles. The van der Waals surface area contributed by atoms with Gasteiger partial charge < -0.3 is 24.8 Å². The molecule has 7 nitrogen and oxygen atoms in total. The molecule has 0 atom stereocenters. The predicted molar refractivity (Wildman–Crippen MR) is 116 cm³/mol. The van der Waals surface area contributed by atoms with E-state index in [2.05, 4.69) is 10.2 Å². The van der Waals surface area contributed by atoms with E-state index in [0.717, 1.165) is 18.8 Å². The van der Waals surface area contributed by atoms with E-state index in [-0.39, 0.29) is 12.1 Å². The Kier molecular flexibility index (Phi) is 6.77. The molecule has 3 rings (SSSR count). The van der Waals surface area contributed by atoms with Crippen LogP contribution in [-0.2, 0) is 4.74 Å². The van der Waals surface area contributed by atoms with Crippen LogP contribution in [0.3, 0.4) is 0 Å². The maximum absolute atomic E-state index is 12.6. The molecule has 3 amide bonds. The number of hydrogen-bond acceptors (Lipinski definition) is 4. The highest BCUT2D eigenvalue weighted by Gasteiger charge is 2.27. The number of halogens is 1. The van der Waals surface area contributed by atoms with Gasteiger partial charge in [0, 0.05) is 45.0 Å². The summed E-state index contributed by atoms with van der Waals surface area (Å²) in [7, 11) is 0. The number of carbonyl (C=O) groups is 2. The minimum atomic E-state index is -0.523. The molecule has 2 heterocycles. The molecule has 160 valence electrons. The molecule has 1 aromatic rings. The number of nitrogens with zero attached hydrogens (tertiary/aromatic N) is 3. The largest absolute Gasteiger partial charge is 0.444 e. The molecule has 2 aliphatic rings. The quantitative estimate of drug-likeness (QED) is 0.766. The van der Waals surface area contributed by atoms with Crippen molar-refractivity contribution in [3.63, 3.8) is 0 Å². The maximum Gasteiger partial charge on any atom is 0.410 e. The molecule has 0 spiro atoms. The Labute approximate surface area is 177 Å². The van der Waals surface area contributed by atoms with Gasteiger partial charge in [0.25, 0.3) is 0 Å². The first-order valence-corrected chi connectivity index (χ1v) is 10.7. The van der Waals surface area contributed by atoms with Crippen LogP contribution in [0.1, 0.15) is 40.0 Å². The van der Waals surface area contributed by atoms with E-state index >= 15 is 0 Å². The third-order valence-electron chi connectivity index (χ3n) is 5.11. The molecule has 2 saturated heterocycles. The maximum atomic E-state index is 12.6. The molecule has 0 saturated carbocycles. The van der Waals surface area contributed by atoms with Gasteiger partial charge in [-0.2, -0.15) is 0 Å². The Hall–Kier alpha value is -2.15. The molecule has 29 heavy (non-hydrogen) atoms. The Morgan fingerprint density at radius 3 is 2.17 bits per heavy atom. The zero-order valence-electron chi connectivity index (χ0n) is 17.5. The predicted octanol–water partition coefficient (Wildman–Crippen LogP) is 4.41. The normalized spacial score (nSPS) is 17.9. The SMILES string of the molecule is CC(C)(C)OC(=O)N1CCN(C(=O)Nc2ccc(N3CCCCC3)c(Cl)c2)CC1. The van der Waals surface area contributed by atoms with Crippen LogP contribution in [0.15, 0.2) is 18.2 Å². The van der Waals surface area contributed by atoms with E-state index in [1.807, 2.05) is 32.9 Å². The van der Waals surface area contributed by atoms with Crippen LogP contribution < -0.4 is 10.2 Å². The van der Waals surface area contributed by atoms with Crippen LogP contribution in [0.2, 0.25) is 5.02 Å². The Morgan fingerprint density at radius 1 is 0.966 bits per heavy atom. The van der Waals surface area contributed by atoms with Crippen molar-refractivity contribution < 1.29 is 14.3 Å². The van der Waals surface area contributed by atoms with Crippen molar-refractivity contribution in [3.8, 4) is 0 Å². The number of urea groups is 1. The first-order valence-electron chi connectivity index (χ1n) is 10.3. The molecule has 0 radical (unpaired) electrons. The molecular formula is C21H31ClN4O3. The van der Waals surface area contributed by atoms with Gasteiger partial charge in [0.2, 0.25) is 0 Å². The lowest BCUT2D eigenvalue weighted by molar-refractivity contribution is 0.0174. The van der Waals surface area contributed by atoms with Crippen LogP contribution in [0.25, 0.3) is 0 Å². The Morgan fingerprint density at radius 2 is 1.59 bits per heavy atom. The zero-order valence-corrected chi connectivity index (χ0v) is 18.3. The summed E-state index contributed by atoms with van der Waals surface area (Å²) in [5.74, 6) is 0. The van der Waals surface area contributed by atoms with Gasteiger partial charge in [0.1, 0.15) is 5.60 Å². The first-order chi connectivity index (χ1) is 13.7. The molecule has 2 aliphatic heterocycles. The van der Waals surface area contributed by atoms with Crippen LogP contribution >= 0.6 is 11.6 Å². The smallest absolute Gasteiger partial charge is 0.410 e. The molecule has 0 aliphatic carbocycles. The highest BCUT2D eigenvalue weighted by molar-refractivity contribution is 6.33. The summed E-state index contributed by atoms with van der Waals surface area (Å²) in [6, 6.07) is 5.49. The molecule has 8 heteroatoms. The minimum Gasteiger partial charge on any atom is -0.444 e. The fourth-order valence-electron chi connectivity index (χ4n) is 3.60. The molecule has 0 bridgehead atoms. The number of nitrogens with one attached hydrogen (secondary N) is 1. The van der Waals surface area contributed by atoms with Gasteiger partial charge in [-0.3, -0.25) is 0 Å². The lowest BCUT2D eigenvalue weighted by atomic mass is 10.1. The fourth-order valence-corrected chi connectivity index (χ4v) is 3.90. The lowest BCUT2D eigenvalue weighted by Crippen LogP contribution is -2.52. The number of anilines is 2. The second-order valence-electron chi connectivity index (χ2n) is 8.60. The van der Waals surface area contributed by atoms with Crippen molar-refractivity contribution in [1.29, 1.82) is 0 Å². The average molecular weight is 423 g/mol. The van der Waals surface area contributed by atoms with Crippen molar-refractivity contribution >= 4 is 35.1 Å². The van der Waals surface area contributed by atoms with Crippen LogP contribution in [0, 0.1) is 0 Å². The monoisotopic (exact) mass is 422 g/mol. The van der Waals surface area contributed by atoms with Gasteiger partial charge in [-0.15, -0.1) is 0 Å². The van der Waals surface area contributed by atoms with Gasteiger partial charge in [0.05, 0.1) is 10.7 Å². The highest BCUT2D eigenvalue weighted by Crippen LogP contribution is 2.31. The van der Waals surface area contributed by atoms with Crippen molar-refractivity contribution in [2.24, 2.45) is 0 Å². The number of carbonyl (C=O) groups excluding carboxylic acids is 2. The number of amides is 3. The van der Waals surface area contributed by atoms with Gasteiger partial charge in [-0.1, -0.05) is 11.6 Å². The van der Waals surface area contributed by atoms with Gasteiger partial charge in [-0.05, 0) is 58.2 Å². The van der Waals surface area contributed by atoms with Crippen molar-refractivity contribution in [3.05, 3.63) is 23.2 Å². The summed E-state index contributed by atoms with van der Waals surface area (Å²) in [6.45, 7) is 9.41. The summed E-state index contributed by atoms with van der Waals surface area (Å²) in [5, 5.41) is 3.57. The van der Waals surface area contributed by atoms with E-state index in [1.54, 1.807) is 15.9 Å². The average Bonchev–Trinajstić information content (AvgIpc) is 2.67. The summed E-state index contributed by atoms with van der Waals surface area (Å²) < 4.78 is 5.39. The Bertz CT molecular complexity index is 736. The Balaban J connectivity index is 1.52. The van der Waals surface area contributed by atoms with Crippen molar-refractivity contribution in [2.75, 3.05) is 49.5 Å². The van der Waals surface area contributed by atoms with Crippen molar-refractivity contribution in [2.45, 2.75) is 45.6 Å². The van der Waals surface area contributed by atoms with Gasteiger partial charge in [0.15, 0.2) is 0 Å². The van der Waals surface area contributed by atoms with Gasteiger partial charge in [-0.25, -0.2) is 9.59 Å². The van der Waals surface area contributed by atoms with E-state index < -0.39 is 5.60 Å². The molecule has 1 N–H and O–H groups in total. The second-order valence-corrected chi connectivity index (χ2v) is 9.01. The highest BCUT2D eigenvalue weighted by atomic mass is 35.5. The minimum absolute atomic E-state index is 0.185. The molecule has 0 aromatic heterocycles. The van der Waals surface area contributed by atoms with Crippen LogP contribution in [0.4, 0.5) is 21.0 Å². The third kappa shape index (κ3) is 5.92. The number of ether oxygens (including phenoxy) is 1. The first kappa shape index (κ1) is 21.6. The standard InChI is InChI=1S/C21H31ClN4O3/c1-21(2,3)29-20(28)26-13-11-25(12-14-26)19(27)23-16-7-8-18(17(22)15-16)24-9-5-4-6-10-24/h7-8,15H,4-6,9-14H2,1-3H3,(H,23,27). The summed E-state index contributed by atoms with van der Waals surface area (Å²) in [5.41, 5.74) is 1.18. The summed E-state index contributed by atoms with van der Waals surface area (Å²) in [4.78, 5) is 30.4. The molecular weight excluding hydrogens is 392 g/mol. The number of piperidine rings is 1. The fraction of sp³-hybridized carbons (Fsp3) is 0.619. The second kappa shape index (κ2) is 9.11. The van der Waals surface area contributed by atoms with E-state index in [4.69, 9.17) is 16.3 Å². The third-order valence-corrected chi connectivity index (χ3v) is 5.42. The van der Waals surface area contributed by atoms with E-state index in [0.29, 0.717) is 36.9 Å². The van der Waals surface area contributed by atoms with Crippen molar-refractivity contribution in [1.82, 2.24) is 9.80 Å². The summed E-state index contributed by atoms with van der Waals surface area (Å²) >= 11 is 6.47.